The summed E-state index contributed by atoms with van der Waals surface area (Å²) in [5.74, 6) is 1.34. The Labute approximate surface area is 158 Å². The van der Waals surface area contributed by atoms with E-state index in [1.165, 1.54) is 5.56 Å². The van der Waals surface area contributed by atoms with Crippen LogP contribution in [0.15, 0.2) is 36.4 Å². The molecule has 0 bridgehead atoms. The van der Waals surface area contributed by atoms with Crippen molar-refractivity contribution in [1.29, 1.82) is 0 Å². The van der Waals surface area contributed by atoms with Crippen molar-refractivity contribution in [3.05, 3.63) is 53.2 Å². The Morgan fingerprint density at radius 2 is 2.19 bits per heavy atom. The molecule has 27 heavy (non-hydrogen) atoms. The maximum atomic E-state index is 12.7. The summed E-state index contributed by atoms with van der Waals surface area (Å²) in [5.41, 5.74) is 4.15. The number of hydrogen-bond acceptors (Lipinski definition) is 4. The van der Waals surface area contributed by atoms with Gasteiger partial charge in [0.2, 0.25) is 5.91 Å². The average molecular weight is 365 g/mol. The van der Waals surface area contributed by atoms with Crippen LogP contribution in [0.1, 0.15) is 16.8 Å². The molecule has 0 radical (unpaired) electrons. The summed E-state index contributed by atoms with van der Waals surface area (Å²) in [7, 11) is 3.55. The standard InChI is InChI=1S/C21H23N3O3/c1-13-4-7-19-17(8-13)18(23-24(19)2)11-22-21(25)15-9-14-5-6-16(26-3)10-20(14)27-12-15/h4-8,10,15H,9,11-12H2,1-3H3,(H,22,25)/t15-/m1/s1. The Bertz CT molecular complexity index is 1010. The highest BCUT2D eigenvalue weighted by atomic mass is 16.5. The fraction of sp³-hybridized carbons (Fsp3) is 0.333. The van der Waals surface area contributed by atoms with E-state index in [2.05, 4.69) is 35.5 Å². The highest BCUT2D eigenvalue weighted by molar-refractivity contribution is 5.84. The lowest BCUT2D eigenvalue weighted by Crippen LogP contribution is -2.37. The summed E-state index contributed by atoms with van der Waals surface area (Å²) < 4.78 is 12.9. The second-order valence-corrected chi connectivity index (χ2v) is 6.99. The third-order valence-electron chi connectivity index (χ3n) is 5.06. The summed E-state index contributed by atoms with van der Waals surface area (Å²) in [6.07, 6.45) is 0.660. The number of carbonyl (C=O) groups excluding carboxylic acids is 1. The van der Waals surface area contributed by atoms with Gasteiger partial charge in [0.15, 0.2) is 0 Å². The van der Waals surface area contributed by atoms with Crippen LogP contribution in [0.4, 0.5) is 0 Å². The third-order valence-corrected chi connectivity index (χ3v) is 5.06. The van der Waals surface area contributed by atoms with Gasteiger partial charge in [-0.3, -0.25) is 9.48 Å². The van der Waals surface area contributed by atoms with Gasteiger partial charge in [0.25, 0.3) is 0 Å². The van der Waals surface area contributed by atoms with Gasteiger partial charge in [-0.25, -0.2) is 0 Å². The highest BCUT2D eigenvalue weighted by Gasteiger charge is 2.26. The molecule has 0 spiro atoms. The van der Waals surface area contributed by atoms with Gasteiger partial charge in [-0.05, 0) is 37.1 Å². The van der Waals surface area contributed by atoms with Gasteiger partial charge in [0, 0.05) is 18.5 Å². The molecule has 4 rings (SSSR count). The summed E-state index contributed by atoms with van der Waals surface area (Å²) in [5, 5.41) is 8.67. The number of hydrogen-bond donors (Lipinski definition) is 1. The fourth-order valence-corrected chi connectivity index (χ4v) is 3.55. The van der Waals surface area contributed by atoms with Crippen molar-refractivity contribution in [3.63, 3.8) is 0 Å². The van der Waals surface area contributed by atoms with Crippen LogP contribution in [-0.4, -0.2) is 29.4 Å². The number of fused-ring (bicyclic) bond motifs is 2. The molecule has 140 valence electrons. The molecule has 0 unspecified atom stereocenters. The zero-order chi connectivity index (χ0) is 19.0. The normalized spacial score (nSPS) is 15.9. The van der Waals surface area contributed by atoms with Crippen LogP contribution >= 0.6 is 0 Å². The minimum atomic E-state index is -0.206. The Hall–Kier alpha value is -3.02. The second-order valence-electron chi connectivity index (χ2n) is 6.99. The number of carbonyl (C=O) groups is 1. The van der Waals surface area contributed by atoms with E-state index in [-0.39, 0.29) is 11.8 Å². The van der Waals surface area contributed by atoms with E-state index in [1.54, 1.807) is 7.11 Å². The monoisotopic (exact) mass is 365 g/mol. The predicted octanol–water partition coefficient (Wildman–Crippen LogP) is 2.76. The number of ether oxygens (including phenoxy) is 2. The number of aryl methyl sites for hydroxylation is 2. The maximum Gasteiger partial charge on any atom is 0.227 e. The smallest absolute Gasteiger partial charge is 0.227 e. The average Bonchev–Trinajstić information content (AvgIpc) is 3.00. The van der Waals surface area contributed by atoms with Crippen LogP contribution in [0.5, 0.6) is 11.5 Å². The van der Waals surface area contributed by atoms with Crippen molar-refractivity contribution in [2.45, 2.75) is 19.9 Å². The van der Waals surface area contributed by atoms with E-state index >= 15 is 0 Å². The second kappa shape index (κ2) is 6.95. The zero-order valence-electron chi connectivity index (χ0n) is 15.8. The van der Waals surface area contributed by atoms with E-state index in [0.29, 0.717) is 19.6 Å². The van der Waals surface area contributed by atoms with Crippen molar-refractivity contribution in [2.75, 3.05) is 13.7 Å². The molecular weight excluding hydrogens is 342 g/mol. The number of aromatic nitrogens is 2. The van der Waals surface area contributed by atoms with E-state index in [1.807, 2.05) is 29.9 Å². The number of rotatable bonds is 4. The van der Waals surface area contributed by atoms with E-state index < -0.39 is 0 Å². The van der Waals surface area contributed by atoms with E-state index in [0.717, 1.165) is 33.7 Å². The summed E-state index contributed by atoms with van der Waals surface area (Å²) in [6, 6.07) is 12.0. The first-order valence-corrected chi connectivity index (χ1v) is 9.05. The Balaban J connectivity index is 1.45. The largest absolute Gasteiger partial charge is 0.497 e. The van der Waals surface area contributed by atoms with Crippen molar-refractivity contribution < 1.29 is 14.3 Å². The summed E-state index contributed by atoms with van der Waals surface area (Å²) >= 11 is 0. The van der Waals surface area contributed by atoms with Crippen molar-refractivity contribution in [1.82, 2.24) is 15.1 Å². The minimum absolute atomic E-state index is 0.0112. The van der Waals surface area contributed by atoms with Crippen molar-refractivity contribution >= 4 is 16.8 Å². The molecule has 1 atom stereocenters. The van der Waals surface area contributed by atoms with Gasteiger partial charge < -0.3 is 14.8 Å². The van der Waals surface area contributed by atoms with Crippen molar-refractivity contribution in [2.24, 2.45) is 13.0 Å². The molecule has 2 aromatic carbocycles. The van der Waals surface area contributed by atoms with Crippen molar-refractivity contribution in [3.8, 4) is 11.5 Å². The molecule has 1 aliphatic heterocycles. The van der Waals surface area contributed by atoms with E-state index in [4.69, 9.17) is 9.47 Å². The van der Waals surface area contributed by atoms with Gasteiger partial charge in [-0.1, -0.05) is 17.7 Å². The van der Waals surface area contributed by atoms with Crippen LogP contribution < -0.4 is 14.8 Å². The van der Waals surface area contributed by atoms with E-state index in [9.17, 15) is 4.79 Å². The molecule has 0 saturated carbocycles. The summed E-state index contributed by atoms with van der Waals surface area (Å²) in [6.45, 7) is 2.83. The lowest BCUT2D eigenvalue weighted by atomic mass is 9.96. The molecule has 0 fully saturated rings. The first-order chi connectivity index (χ1) is 13.0. The molecule has 6 heteroatoms. The van der Waals surface area contributed by atoms with Gasteiger partial charge in [-0.2, -0.15) is 5.10 Å². The van der Waals surface area contributed by atoms with Gasteiger partial charge >= 0.3 is 0 Å². The SMILES string of the molecule is COc1ccc2c(c1)OC[C@H](C(=O)NCc1nn(C)c3ccc(C)cc13)C2. The molecule has 0 aliphatic carbocycles. The molecule has 3 aromatic rings. The minimum Gasteiger partial charge on any atom is -0.497 e. The fourth-order valence-electron chi connectivity index (χ4n) is 3.55. The third kappa shape index (κ3) is 3.35. The van der Waals surface area contributed by atoms with Gasteiger partial charge in [-0.15, -0.1) is 0 Å². The Morgan fingerprint density at radius 3 is 3.00 bits per heavy atom. The van der Waals surface area contributed by atoms with Crippen LogP contribution in [0.2, 0.25) is 0 Å². The van der Waals surface area contributed by atoms with Crippen LogP contribution in [0.25, 0.3) is 10.9 Å². The van der Waals surface area contributed by atoms with Gasteiger partial charge in [0.05, 0.1) is 30.8 Å². The van der Waals surface area contributed by atoms with Crippen LogP contribution in [0.3, 0.4) is 0 Å². The zero-order valence-corrected chi connectivity index (χ0v) is 15.8. The molecule has 6 nitrogen and oxygen atoms in total. The molecule has 1 aliphatic rings. The molecule has 1 N–H and O–H groups in total. The van der Waals surface area contributed by atoms with Crippen LogP contribution in [-0.2, 0) is 24.8 Å². The molecule has 1 amide bonds. The summed E-state index contributed by atoms with van der Waals surface area (Å²) in [4.78, 5) is 12.7. The van der Waals surface area contributed by atoms with Crippen LogP contribution in [0, 0.1) is 12.8 Å². The maximum absolute atomic E-state index is 12.7. The predicted molar refractivity (Wildman–Crippen MR) is 103 cm³/mol. The molecule has 2 heterocycles. The topological polar surface area (TPSA) is 65.4 Å². The number of benzene rings is 2. The Kier molecular flexibility index (Phi) is 4.48. The molecular formula is C21H23N3O3. The number of nitrogens with zero attached hydrogens (tertiary/aromatic N) is 2. The van der Waals surface area contributed by atoms with Gasteiger partial charge in [0.1, 0.15) is 18.1 Å². The number of methoxy groups -OCH3 is 1. The highest BCUT2D eigenvalue weighted by Crippen LogP contribution is 2.31. The number of amides is 1. The quantitative estimate of drug-likeness (QED) is 0.772. The molecule has 0 saturated heterocycles. The molecule has 1 aromatic heterocycles. The first-order valence-electron chi connectivity index (χ1n) is 9.05. The lowest BCUT2D eigenvalue weighted by Gasteiger charge is -2.24. The Morgan fingerprint density at radius 1 is 1.33 bits per heavy atom. The lowest BCUT2D eigenvalue weighted by molar-refractivity contribution is -0.126. The number of nitrogens with one attached hydrogen (secondary N) is 1. The first kappa shape index (κ1) is 17.4.